The van der Waals surface area contributed by atoms with Crippen molar-refractivity contribution in [3.05, 3.63) is 60.2 Å². The molecule has 0 aliphatic heterocycles. The standard InChI is InChI=1S/C23H31N3O3/c1-17(2)14-21(18-8-6-5-7-9-18)25-23(28)16-26(3)15-22(27)24-19-10-12-20(29-4)13-11-19/h5-13,17,21H,14-16H2,1-4H3,(H,24,27)(H,25,28)/t21-/m1/s1. The van der Waals surface area contributed by atoms with E-state index in [1.165, 1.54) is 0 Å². The summed E-state index contributed by atoms with van der Waals surface area (Å²) >= 11 is 0. The number of likely N-dealkylation sites (N-methyl/N-ethyl adjacent to an activating group) is 1. The van der Waals surface area contributed by atoms with Crippen molar-refractivity contribution in [2.24, 2.45) is 5.92 Å². The van der Waals surface area contributed by atoms with Crippen molar-refractivity contribution in [1.82, 2.24) is 10.2 Å². The first-order chi connectivity index (χ1) is 13.9. The van der Waals surface area contributed by atoms with E-state index in [0.29, 0.717) is 11.6 Å². The monoisotopic (exact) mass is 397 g/mol. The van der Waals surface area contributed by atoms with Gasteiger partial charge in [-0.05, 0) is 49.2 Å². The minimum atomic E-state index is -0.174. The number of carbonyl (C=O) groups is 2. The van der Waals surface area contributed by atoms with Crippen molar-refractivity contribution in [2.75, 3.05) is 32.6 Å². The summed E-state index contributed by atoms with van der Waals surface area (Å²) in [5.74, 6) is 0.908. The van der Waals surface area contributed by atoms with E-state index in [-0.39, 0.29) is 30.9 Å². The third-order valence-corrected chi connectivity index (χ3v) is 4.45. The molecule has 0 radical (unpaired) electrons. The lowest BCUT2D eigenvalue weighted by Crippen LogP contribution is -2.40. The lowest BCUT2D eigenvalue weighted by Gasteiger charge is -2.23. The third kappa shape index (κ3) is 7.95. The van der Waals surface area contributed by atoms with Crippen molar-refractivity contribution >= 4 is 17.5 Å². The highest BCUT2D eigenvalue weighted by Crippen LogP contribution is 2.21. The predicted octanol–water partition coefficient (Wildman–Crippen LogP) is 3.47. The summed E-state index contributed by atoms with van der Waals surface area (Å²) < 4.78 is 5.10. The minimum Gasteiger partial charge on any atom is -0.497 e. The van der Waals surface area contributed by atoms with Crippen LogP contribution in [0.25, 0.3) is 0 Å². The predicted molar refractivity (Wildman–Crippen MR) is 116 cm³/mol. The van der Waals surface area contributed by atoms with Crippen molar-refractivity contribution in [2.45, 2.75) is 26.3 Å². The smallest absolute Gasteiger partial charge is 0.238 e. The van der Waals surface area contributed by atoms with Crippen LogP contribution in [0.3, 0.4) is 0 Å². The second-order valence-electron chi connectivity index (χ2n) is 7.61. The molecular weight excluding hydrogens is 366 g/mol. The quantitative estimate of drug-likeness (QED) is 0.644. The van der Waals surface area contributed by atoms with Gasteiger partial charge in [0.1, 0.15) is 5.75 Å². The van der Waals surface area contributed by atoms with Crippen LogP contribution < -0.4 is 15.4 Å². The number of nitrogens with one attached hydrogen (secondary N) is 2. The van der Waals surface area contributed by atoms with Gasteiger partial charge in [-0.2, -0.15) is 0 Å². The van der Waals surface area contributed by atoms with Crippen molar-refractivity contribution in [3.63, 3.8) is 0 Å². The first-order valence-electron chi connectivity index (χ1n) is 9.84. The normalized spacial score (nSPS) is 11.9. The average Bonchev–Trinajstić information content (AvgIpc) is 2.68. The number of benzene rings is 2. The molecule has 0 saturated heterocycles. The lowest BCUT2D eigenvalue weighted by atomic mass is 9.97. The van der Waals surface area contributed by atoms with E-state index in [4.69, 9.17) is 4.74 Å². The Hall–Kier alpha value is -2.86. The Kier molecular flexibility index (Phi) is 8.68. The van der Waals surface area contributed by atoms with Crippen molar-refractivity contribution in [1.29, 1.82) is 0 Å². The molecule has 29 heavy (non-hydrogen) atoms. The molecule has 2 N–H and O–H groups in total. The molecule has 6 heteroatoms. The molecule has 0 spiro atoms. The minimum absolute atomic E-state index is 0.0368. The van der Waals surface area contributed by atoms with Gasteiger partial charge in [0, 0.05) is 5.69 Å². The zero-order valence-electron chi connectivity index (χ0n) is 17.6. The Labute approximate surface area is 173 Å². The highest BCUT2D eigenvalue weighted by Gasteiger charge is 2.18. The molecule has 0 saturated carbocycles. The number of anilines is 1. The fourth-order valence-corrected chi connectivity index (χ4v) is 3.10. The Morgan fingerprint density at radius 2 is 1.59 bits per heavy atom. The molecule has 2 rings (SSSR count). The largest absolute Gasteiger partial charge is 0.497 e. The zero-order chi connectivity index (χ0) is 21.2. The molecule has 2 amide bonds. The second kappa shape index (κ2) is 11.2. The van der Waals surface area contributed by atoms with Gasteiger partial charge in [-0.15, -0.1) is 0 Å². The summed E-state index contributed by atoms with van der Waals surface area (Å²) in [6.07, 6.45) is 0.859. The number of amides is 2. The van der Waals surface area contributed by atoms with E-state index in [0.717, 1.165) is 17.7 Å². The van der Waals surface area contributed by atoms with Crippen LogP contribution in [0.1, 0.15) is 31.9 Å². The van der Waals surface area contributed by atoms with E-state index < -0.39 is 0 Å². The Balaban J connectivity index is 1.85. The topological polar surface area (TPSA) is 70.7 Å². The summed E-state index contributed by atoms with van der Waals surface area (Å²) in [6, 6.07) is 17.1. The van der Waals surface area contributed by atoms with Gasteiger partial charge in [-0.1, -0.05) is 44.2 Å². The number of methoxy groups -OCH3 is 1. The molecule has 156 valence electrons. The molecule has 0 aromatic heterocycles. The number of rotatable bonds is 10. The summed E-state index contributed by atoms with van der Waals surface area (Å²) in [5.41, 5.74) is 1.78. The average molecular weight is 398 g/mol. The maximum atomic E-state index is 12.5. The van der Waals surface area contributed by atoms with E-state index in [1.54, 1.807) is 43.3 Å². The van der Waals surface area contributed by atoms with Crippen LogP contribution in [0.15, 0.2) is 54.6 Å². The molecule has 6 nitrogen and oxygen atoms in total. The maximum absolute atomic E-state index is 12.5. The first kappa shape index (κ1) is 22.4. The SMILES string of the molecule is COc1ccc(NC(=O)CN(C)CC(=O)N[C@H](CC(C)C)c2ccccc2)cc1. The van der Waals surface area contributed by atoms with Crippen molar-refractivity contribution < 1.29 is 14.3 Å². The van der Waals surface area contributed by atoms with Crippen LogP contribution in [0.4, 0.5) is 5.69 Å². The molecule has 1 atom stereocenters. The van der Waals surface area contributed by atoms with E-state index in [1.807, 2.05) is 30.3 Å². The lowest BCUT2D eigenvalue weighted by molar-refractivity contribution is -0.123. The van der Waals surface area contributed by atoms with E-state index >= 15 is 0 Å². The molecular formula is C23H31N3O3. The van der Waals surface area contributed by atoms with Gasteiger partial charge >= 0.3 is 0 Å². The van der Waals surface area contributed by atoms with Gasteiger partial charge in [-0.3, -0.25) is 14.5 Å². The summed E-state index contributed by atoms with van der Waals surface area (Å²) in [7, 11) is 3.35. The molecule has 2 aromatic rings. The Morgan fingerprint density at radius 1 is 0.966 bits per heavy atom. The van der Waals surface area contributed by atoms with Crippen LogP contribution >= 0.6 is 0 Å². The third-order valence-electron chi connectivity index (χ3n) is 4.45. The second-order valence-corrected chi connectivity index (χ2v) is 7.61. The number of nitrogens with zero attached hydrogens (tertiary/aromatic N) is 1. The summed E-state index contributed by atoms with van der Waals surface area (Å²) in [4.78, 5) is 26.5. The highest BCUT2D eigenvalue weighted by molar-refractivity contribution is 5.92. The van der Waals surface area contributed by atoms with Crippen molar-refractivity contribution in [3.8, 4) is 5.75 Å². The molecule has 0 aliphatic carbocycles. The fraction of sp³-hybridized carbons (Fsp3) is 0.391. The Bertz CT molecular complexity index is 776. The van der Waals surface area contributed by atoms with Crippen LogP contribution in [0.2, 0.25) is 0 Å². The molecule has 0 fully saturated rings. The van der Waals surface area contributed by atoms with Crippen LogP contribution in [0.5, 0.6) is 5.75 Å². The van der Waals surface area contributed by atoms with E-state index in [9.17, 15) is 9.59 Å². The summed E-state index contributed by atoms with van der Waals surface area (Å²) in [5, 5.41) is 5.93. The van der Waals surface area contributed by atoms with Crippen LogP contribution in [0, 0.1) is 5.92 Å². The molecule has 0 unspecified atom stereocenters. The number of hydrogen-bond donors (Lipinski definition) is 2. The zero-order valence-corrected chi connectivity index (χ0v) is 17.6. The van der Waals surface area contributed by atoms with Gasteiger partial charge in [0.15, 0.2) is 0 Å². The van der Waals surface area contributed by atoms with E-state index in [2.05, 4.69) is 24.5 Å². The van der Waals surface area contributed by atoms with Gasteiger partial charge in [0.25, 0.3) is 0 Å². The summed E-state index contributed by atoms with van der Waals surface area (Å²) in [6.45, 7) is 4.55. The number of hydrogen-bond acceptors (Lipinski definition) is 4. The number of carbonyl (C=O) groups excluding carboxylic acids is 2. The Morgan fingerprint density at radius 3 is 2.17 bits per heavy atom. The number of ether oxygens (including phenoxy) is 1. The van der Waals surface area contributed by atoms with Crippen LogP contribution in [-0.2, 0) is 9.59 Å². The van der Waals surface area contributed by atoms with Gasteiger partial charge in [0.2, 0.25) is 11.8 Å². The molecule has 0 bridgehead atoms. The van der Waals surface area contributed by atoms with Gasteiger partial charge < -0.3 is 15.4 Å². The van der Waals surface area contributed by atoms with Gasteiger partial charge in [-0.25, -0.2) is 0 Å². The molecule has 2 aromatic carbocycles. The fourth-order valence-electron chi connectivity index (χ4n) is 3.10. The maximum Gasteiger partial charge on any atom is 0.238 e. The van der Waals surface area contributed by atoms with Crippen LogP contribution in [-0.4, -0.2) is 44.0 Å². The van der Waals surface area contributed by atoms with Gasteiger partial charge in [0.05, 0.1) is 26.2 Å². The molecule has 0 heterocycles. The highest BCUT2D eigenvalue weighted by atomic mass is 16.5. The first-order valence-corrected chi connectivity index (χ1v) is 9.84. The molecule has 0 aliphatic rings.